The zero-order chi connectivity index (χ0) is 18.0. The number of rotatable bonds is 4. The van der Waals surface area contributed by atoms with Crippen molar-refractivity contribution in [2.24, 2.45) is 5.73 Å². The molecule has 0 aliphatic heterocycles. The van der Waals surface area contributed by atoms with E-state index in [9.17, 15) is 13.2 Å². The fourth-order valence-corrected chi connectivity index (χ4v) is 2.75. The highest BCUT2D eigenvalue weighted by atomic mass is 19.4. The van der Waals surface area contributed by atoms with Crippen molar-refractivity contribution in [2.75, 3.05) is 6.54 Å². The molecular formula is C20H24F3N. The van der Waals surface area contributed by atoms with Gasteiger partial charge in [-0.3, -0.25) is 0 Å². The summed E-state index contributed by atoms with van der Waals surface area (Å²) in [5.74, 6) is 0.00232. The minimum Gasteiger partial charge on any atom is -0.330 e. The van der Waals surface area contributed by atoms with Gasteiger partial charge < -0.3 is 5.73 Å². The summed E-state index contributed by atoms with van der Waals surface area (Å²) in [6.07, 6.45) is -3.82. The maximum absolute atomic E-state index is 12.8. The summed E-state index contributed by atoms with van der Waals surface area (Å²) in [7, 11) is 0. The van der Waals surface area contributed by atoms with Gasteiger partial charge in [-0.2, -0.15) is 13.2 Å². The summed E-state index contributed by atoms with van der Waals surface area (Å²) in [6.45, 7) is 6.83. The molecule has 0 fully saturated rings. The van der Waals surface area contributed by atoms with Gasteiger partial charge in [-0.15, -0.1) is 0 Å². The molecule has 0 bridgehead atoms. The Balaban J connectivity index is 2.21. The van der Waals surface area contributed by atoms with E-state index in [0.29, 0.717) is 18.5 Å². The number of benzene rings is 2. The smallest absolute Gasteiger partial charge is 0.330 e. The van der Waals surface area contributed by atoms with Crippen LogP contribution in [-0.4, -0.2) is 6.54 Å². The van der Waals surface area contributed by atoms with Gasteiger partial charge >= 0.3 is 6.18 Å². The first kappa shape index (κ1) is 18.5. The van der Waals surface area contributed by atoms with Crippen LogP contribution in [-0.2, 0) is 18.0 Å². The van der Waals surface area contributed by atoms with Crippen LogP contribution in [0.1, 0.15) is 48.9 Å². The molecule has 0 heterocycles. The fraction of sp³-hybridized carbons (Fsp3) is 0.400. The lowest BCUT2D eigenvalue weighted by molar-refractivity contribution is -0.137. The summed E-state index contributed by atoms with van der Waals surface area (Å²) in [5, 5.41) is 0. The van der Waals surface area contributed by atoms with Crippen molar-refractivity contribution in [3.8, 4) is 0 Å². The molecule has 4 heteroatoms. The zero-order valence-corrected chi connectivity index (χ0v) is 14.3. The van der Waals surface area contributed by atoms with Crippen LogP contribution >= 0.6 is 0 Å². The second kappa shape index (κ2) is 6.98. The van der Waals surface area contributed by atoms with Crippen molar-refractivity contribution in [3.63, 3.8) is 0 Å². The predicted octanol–water partition coefficient (Wildman–Crippen LogP) is 5.29. The van der Waals surface area contributed by atoms with Crippen LogP contribution in [0.5, 0.6) is 0 Å². The molecule has 0 saturated heterocycles. The largest absolute Gasteiger partial charge is 0.416 e. The SMILES string of the molecule is CC(C)(C)c1ccc(C(CN)Cc2cccc(C(F)(F)F)c2)cc1. The highest BCUT2D eigenvalue weighted by Crippen LogP contribution is 2.31. The van der Waals surface area contributed by atoms with Crippen molar-refractivity contribution in [3.05, 3.63) is 70.8 Å². The Morgan fingerprint density at radius 2 is 1.54 bits per heavy atom. The summed E-state index contributed by atoms with van der Waals surface area (Å²) in [6, 6.07) is 13.7. The Morgan fingerprint density at radius 1 is 0.917 bits per heavy atom. The summed E-state index contributed by atoms with van der Waals surface area (Å²) < 4.78 is 38.5. The van der Waals surface area contributed by atoms with Crippen molar-refractivity contribution >= 4 is 0 Å². The number of hydrogen-bond donors (Lipinski definition) is 1. The van der Waals surface area contributed by atoms with Gasteiger partial charge in [0.25, 0.3) is 0 Å². The van der Waals surface area contributed by atoms with Gasteiger partial charge in [0.2, 0.25) is 0 Å². The minimum absolute atomic E-state index is 0.00232. The minimum atomic E-state index is -4.32. The molecule has 1 nitrogen and oxygen atoms in total. The van der Waals surface area contributed by atoms with Gasteiger partial charge in [-0.25, -0.2) is 0 Å². The summed E-state index contributed by atoms with van der Waals surface area (Å²) >= 11 is 0. The zero-order valence-electron chi connectivity index (χ0n) is 14.3. The lowest BCUT2D eigenvalue weighted by Gasteiger charge is -2.21. The van der Waals surface area contributed by atoms with E-state index < -0.39 is 11.7 Å². The third kappa shape index (κ3) is 4.60. The molecule has 2 aromatic carbocycles. The van der Waals surface area contributed by atoms with E-state index in [2.05, 4.69) is 32.9 Å². The van der Waals surface area contributed by atoms with Crippen molar-refractivity contribution in [1.82, 2.24) is 0 Å². The Morgan fingerprint density at radius 3 is 2.04 bits per heavy atom. The first-order valence-electron chi connectivity index (χ1n) is 8.08. The molecule has 0 radical (unpaired) electrons. The number of halogens is 3. The van der Waals surface area contributed by atoms with Gasteiger partial charge in [0.15, 0.2) is 0 Å². The third-order valence-corrected chi connectivity index (χ3v) is 4.27. The number of hydrogen-bond acceptors (Lipinski definition) is 1. The summed E-state index contributed by atoms with van der Waals surface area (Å²) in [5.41, 5.74) is 8.27. The third-order valence-electron chi connectivity index (χ3n) is 4.27. The van der Waals surface area contributed by atoms with E-state index in [1.54, 1.807) is 6.07 Å². The molecule has 0 spiro atoms. The average Bonchev–Trinajstić information content (AvgIpc) is 2.51. The Hall–Kier alpha value is -1.81. The maximum Gasteiger partial charge on any atom is 0.416 e. The molecule has 0 aliphatic rings. The summed E-state index contributed by atoms with van der Waals surface area (Å²) in [4.78, 5) is 0. The molecule has 130 valence electrons. The molecule has 1 unspecified atom stereocenters. The lowest BCUT2D eigenvalue weighted by Crippen LogP contribution is -2.16. The quantitative estimate of drug-likeness (QED) is 0.807. The van der Waals surface area contributed by atoms with Crippen LogP contribution in [0.15, 0.2) is 48.5 Å². The van der Waals surface area contributed by atoms with Gasteiger partial charge in [-0.05, 0) is 41.1 Å². The molecule has 24 heavy (non-hydrogen) atoms. The standard InChI is InChI=1S/C20H24F3N/c1-19(2,3)17-9-7-15(8-10-17)16(13-24)11-14-5-4-6-18(12-14)20(21,22)23/h4-10,12,16H,11,13,24H2,1-3H3. The van der Waals surface area contributed by atoms with Crippen LogP contribution in [0.4, 0.5) is 13.2 Å². The van der Waals surface area contributed by atoms with Crippen molar-refractivity contribution in [1.29, 1.82) is 0 Å². The molecule has 0 amide bonds. The van der Waals surface area contributed by atoms with E-state index in [0.717, 1.165) is 11.6 Å². The van der Waals surface area contributed by atoms with Crippen LogP contribution in [0, 0.1) is 0 Å². The molecule has 0 aliphatic carbocycles. The average molecular weight is 335 g/mol. The molecule has 1 atom stereocenters. The monoisotopic (exact) mass is 335 g/mol. The van der Waals surface area contributed by atoms with Gasteiger partial charge in [0.1, 0.15) is 0 Å². The Labute approximate surface area is 141 Å². The van der Waals surface area contributed by atoms with Crippen LogP contribution in [0.25, 0.3) is 0 Å². The molecule has 2 aromatic rings. The highest BCUT2D eigenvalue weighted by Gasteiger charge is 2.30. The van der Waals surface area contributed by atoms with E-state index >= 15 is 0 Å². The van der Waals surface area contributed by atoms with Crippen LogP contribution < -0.4 is 5.73 Å². The topological polar surface area (TPSA) is 26.0 Å². The van der Waals surface area contributed by atoms with E-state index in [1.165, 1.54) is 17.7 Å². The first-order chi connectivity index (χ1) is 11.1. The number of nitrogens with two attached hydrogens (primary N) is 1. The van der Waals surface area contributed by atoms with Crippen molar-refractivity contribution < 1.29 is 13.2 Å². The maximum atomic E-state index is 12.8. The van der Waals surface area contributed by atoms with E-state index in [-0.39, 0.29) is 11.3 Å². The fourth-order valence-electron chi connectivity index (χ4n) is 2.75. The van der Waals surface area contributed by atoms with Crippen molar-refractivity contribution in [2.45, 2.75) is 44.7 Å². The Bertz CT molecular complexity index is 667. The molecule has 2 rings (SSSR count). The second-order valence-corrected chi connectivity index (χ2v) is 7.21. The molecule has 2 N–H and O–H groups in total. The Kier molecular flexibility index (Phi) is 5.38. The first-order valence-corrected chi connectivity index (χ1v) is 8.08. The van der Waals surface area contributed by atoms with Gasteiger partial charge in [0.05, 0.1) is 5.56 Å². The van der Waals surface area contributed by atoms with Crippen LogP contribution in [0.3, 0.4) is 0 Å². The van der Waals surface area contributed by atoms with Crippen LogP contribution in [0.2, 0.25) is 0 Å². The second-order valence-electron chi connectivity index (χ2n) is 7.21. The van der Waals surface area contributed by atoms with Gasteiger partial charge in [-0.1, -0.05) is 63.2 Å². The lowest BCUT2D eigenvalue weighted by atomic mass is 9.84. The molecule has 0 saturated carbocycles. The molecular weight excluding hydrogens is 311 g/mol. The predicted molar refractivity (Wildman–Crippen MR) is 92.1 cm³/mol. The molecule has 0 aromatic heterocycles. The van der Waals surface area contributed by atoms with E-state index in [1.807, 2.05) is 12.1 Å². The normalized spacial score (nSPS) is 13.8. The van der Waals surface area contributed by atoms with E-state index in [4.69, 9.17) is 5.73 Å². The van der Waals surface area contributed by atoms with Gasteiger partial charge in [0, 0.05) is 5.92 Å². The highest BCUT2D eigenvalue weighted by molar-refractivity contribution is 5.32. The number of alkyl halides is 3.